The first-order chi connectivity index (χ1) is 7.47. The summed E-state index contributed by atoms with van der Waals surface area (Å²) in [5, 5.41) is 0. The summed E-state index contributed by atoms with van der Waals surface area (Å²) >= 11 is 0. The molecule has 1 atom stereocenters. The molecule has 0 saturated heterocycles. The molecule has 5 heteroatoms. The average Bonchev–Trinajstić information content (AvgIpc) is 2.25. The monoisotopic (exact) mass is 244 g/mol. The van der Waals surface area contributed by atoms with E-state index in [1.54, 1.807) is 19.1 Å². The van der Waals surface area contributed by atoms with Gasteiger partial charge < -0.3 is 14.5 Å². The lowest BCUT2D eigenvalue weighted by atomic mass is 10.2. The fourth-order valence-electron chi connectivity index (χ4n) is 1.35. The van der Waals surface area contributed by atoms with E-state index in [0.717, 1.165) is 12.0 Å². The molecule has 4 nitrogen and oxygen atoms in total. The summed E-state index contributed by atoms with van der Waals surface area (Å²) in [6.07, 6.45) is 1.20. The summed E-state index contributed by atoms with van der Waals surface area (Å²) in [7, 11) is -4.18. The van der Waals surface area contributed by atoms with Gasteiger partial charge in [0.15, 0.2) is 5.85 Å². The lowest BCUT2D eigenvalue weighted by molar-refractivity contribution is 0.219. The standard InChI is InChI=1S/C11H17O4P/c1-3-9-5-7-10(8-6-9)15-11(4-2)16(12,13)14/h5-8,11H,3-4H2,1-2H3,(H2,12,13,14). The molecule has 0 radical (unpaired) electrons. The molecule has 0 aliphatic heterocycles. The summed E-state index contributed by atoms with van der Waals surface area (Å²) in [6.45, 7) is 3.73. The summed E-state index contributed by atoms with van der Waals surface area (Å²) < 4.78 is 16.3. The normalized spacial score (nSPS) is 13.5. The van der Waals surface area contributed by atoms with Crippen LogP contribution in [0.1, 0.15) is 25.8 Å². The smallest absolute Gasteiger partial charge is 0.365 e. The highest BCUT2D eigenvalue weighted by molar-refractivity contribution is 7.52. The predicted molar refractivity (Wildman–Crippen MR) is 62.6 cm³/mol. The van der Waals surface area contributed by atoms with E-state index in [0.29, 0.717) is 5.75 Å². The minimum absolute atomic E-state index is 0.278. The van der Waals surface area contributed by atoms with Gasteiger partial charge in [-0.1, -0.05) is 26.0 Å². The molecule has 0 heterocycles. The highest BCUT2D eigenvalue weighted by atomic mass is 31.2. The Morgan fingerprint density at radius 1 is 1.25 bits per heavy atom. The quantitative estimate of drug-likeness (QED) is 0.781. The van der Waals surface area contributed by atoms with E-state index in [2.05, 4.69) is 0 Å². The van der Waals surface area contributed by atoms with Crippen molar-refractivity contribution in [2.45, 2.75) is 32.5 Å². The first-order valence-corrected chi connectivity index (χ1v) is 6.96. The molecule has 0 saturated carbocycles. The first-order valence-electron chi connectivity index (χ1n) is 5.28. The summed E-state index contributed by atoms with van der Waals surface area (Å²) in [6, 6.07) is 7.25. The van der Waals surface area contributed by atoms with E-state index in [4.69, 9.17) is 14.5 Å². The van der Waals surface area contributed by atoms with Crippen LogP contribution in [-0.2, 0) is 11.0 Å². The Kier molecular flexibility index (Phi) is 4.54. The predicted octanol–water partition coefficient (Wildman–Crippen LogP) is 2.54. The van der Waals surface area contributed by atoms with E-state index >= 15 is 0 Å². The molecule has 1 aromatic rings. The topological polar surface area (TPSA) is 66.8 Å². The average molecular weight is 244 g/mol. The van der Waals surface area contributed by atoms with Crippen LogP contribution >= 0.6 is 7.60 Å². The van der Waals surface area contributed by atoms with Gasteiger partial charge in [-0.05, 0) is 30.5 Å². The second-order valence-electron chi connectivity index (χ2n) is 3.57. The zero-order chi connectivity index (χ0) is 12.2. The van der Waals surface area contributed by atoms with E-state index in [-0.39, 0.29) is 6.42 Å². The van der Waals surface area contributed by atoms with E-state index in [9.17, 15) is 4.57 Å². The molecule has 0 aromatic heterocycles. The van der Waals surface area contributed by atoms with Gasteiger partial charge in [0.2, 0.25) is 0 Å². The van der Waals surface area contributed by atoms with Gasteiger partial charge in [-0.2, -0.15) is 0 Å². The fraction of sp³-hybridized carbons (Fsp3) is 0.455. The fourth-order valence-corrected chi connectivity index (χ4v) is 2.09. The van der Waals surface area contributed by atoms with Crippen LogP contribution in [0.5, 0.6) is 5.75 Å². The maximum atomic E-state index is 11.1. The number of rotatable bonds is 5. The van der Waals surface area contributed by atoms with Gasteiger partial charge in [-0.15, -0.1) is 0 Å². The maximum absolute atomic E-state index is 11.1. The van der Waals surface area contributed by atoms with Gasteiger partial charge in [0.05, 0.1) is 0 Å². The van der Waals surface area contributed by atoms with Gasteiger partial charge in [-0.25, -0.2) is 0 Å². The number of aryl methyl sites for hydroxylation is 1. The van der Waals surface area contributed by atoms with Gasteiger partial charge in [0.25, 0.3) is 0 Å². The van der Waals surface area contributed by atoms with Crippen LogP contribution in [-0.4, -0.2) is 15.6 Å². The highest BCUT2D eigenvalue weighted by Crippen LogP contribution is 2.43. The largest absolute Gasteiger partial charge is 0.478 e. The van der Waals surface area contributed by atoms with E-state index in [1.165, 1.54) is 0 Å². The Labute approximate surface area is 95.4 Å². The molecule has 1 aromatic carbocycles. The number of hydrogen-bond acceptors (Lipinski definition) is 2. The summed E-state index contributed by atoms with van der Waals surface area (Å²) in [5.74, 6) is -0.563. The Morgan fingerprint density at radius 2 is 1.81 bits per heavy atom. The number of benzene rings is 1. The van der Waals surface area contributed by atoms with Gasteiger partial charge >= 0.3 is 7.60 Å². The van der Waals surface area contributed by atoms with Crippen LogP contribution in [0.3, 0.4) is 0 Å². The molecule has 0 bridgehead atoms. The lowest BCUT2D eigenvalue weighted by Gasteiger charge is -2.18. The van der Waals surface area contributed by atoms with Crippen LogP contribution in [0, 0.1) is 0 Å². The third-order valence-corrected chi connectivity index (χ3v) is 3.55. The SMILES string of the molecule is CCc1ccc(OC(CC)P(=O)(O)O)cc1. The van der Waals surface area contributed by atoms with Crippen LogP contribution in [0.4, 0.5) is 0 Å². The molecule has 0 spiro atoms. The van der Waals surface area contributed by atoms with Crippen LogP contribution in [0.15, 0.2) is 24.3 Å². The molecule has 0 fully saturated rings. The van der Waals surface area contributed by atoms with Crippen molar-refractivity contribution in [3.8, 4) is 5.75 Å². The summed E-state index contributed by atoms with van der Waals surface area (Å²) in [4.78, 5) is 18.1. The molecule has 1 unspecified atom stereocenters. The van der Waals surface area contributed by atoms with Gasteiger partial charge in [0, 0.05) is 0 Å². The van der Waals surface area contributed by atoms with Crippen molar-refractivity contribution in [2.24, 2.45) is 0 Å². The van der Waals surface area contributed by atoms with Gasteiger partial charge in [0.1, 0.15) is 5.75 Å². The molecule has 1 rings (SSSR count). The molecule has 0 aliphatic rings. The van der Waals surface area contributed by atoms with Crippen LogP contribution < -0.4 is 4.74 Å². The van der Waals surface area contributed by atoms with Crippen molar-refractivity contribution < 1.29 is 19.1 Å². The third-order valence-electron chi connectivity index (χ3n) is 2.33. The molecular formula is C11H17O4P. The van der Waals surface area contributed by atoms with Crippen LogP contribution in [0.25, 0.3) is 0 Å². The molecule has 90 valence electrons. The molecule has 0 amide bonds. The molecular weight excluding hydrogens is 227 g/mol. The van der Waals surface area contributed by atoms with Crippen molar-refractivity contribution in [3.63, 3.8) is 0 Å². The Bertz CT molecular complexity index is 368. The van der Waals surface area contributed by atoms with E-state index < -0.39 is 13.4 Å². The van der Waals surface area contributed by atoms with Crippen molar-refractivity contribution in [2.75, 3.05) is 0 Å². The Morgan fingerprint density at radius 3 is 2.19 bits per heavy atom. The lowest BCUT2D eigenvalue weighted by Crippen LogP contribution is -2.15. The molecule has 2 N–H and O–H groups in total. The van der Waals surface area contributed by atoms with Crippen molar-refractivity contribution >= 4 is 7.60 Å². The maximum Gasteiger partial charge on any atom is 0.365 e. The van der Waals surface area contributed by atoms with Gasteiger partial charge in [-0.3, -0.25) is 4.57 Å². The highest BCUT2D eigenvalue weighted by Gasteiger charge is 2.28. The Balaban J connectivity index is 2.75. The Hall–Kier alpha value is -0.830. The number of hydrogen-bond donors (Lipinski definition) is 2. The second-order valence-corrected chi connectivity index (χ2v) is 5.32. The summed E-state index contributed by atoms with van der Waals surface area (Å²) in [5.41, 5.74) is 1.16. The second kappa shape index (κ2) is 5.48. The van der Waals surface area contributed by atoms with Crippen molar-refractivity contribution in [1.82, 2.24) is 0 Å². The number of ether oxygens (including phenoxy) is 1. The van der Waals surface area contributed by atoms with E-state index in [1.807, 2.05) is 19.1 Å². The zero-order valence-electron chi connectivity index (χ0n) is 9.46. The molecule has 16 heavy (non-hydrogen) atoms. The van der Waals surface area contributed by atoms with Crippen LogP contribution in [0.2, 0.25) is 0 Å². The van der Waals surface area contributed by atoms with Crippen molar-refractivity contribution in [3.05, 3.63) is 29.8 Å². The van der Waals surface area contributed by atoms with Crippen molar-refractivity contribution in [1.29, 1.82) is 0 Å². The molecule has 0 aliphatic carbocycles. The minimum Gasteiger partial charge on any atom is -0.478 e. The zero-order valence-corrected chi connectivity index (χ0v) is 10.4. The minimum atomic E-state index is -4.18. The third kappa shape index (κ3) is 3.63. The first kappa shape index (κ1) is 13.2.